The molecule has 3 aromatic rings. The lowest BCUT2D eigenvalue weighted by Gasteiger charge is -2.28. The van der Waals surface area contributed by atoms with E-state index in [2.05, 4.69) is 20.2 Å². The van der Waals surface area contributed by atoms with Crippen LogP contribution in [0, 0.1) is 0 Å². The largest absolute Gasteiger partial charge is 0.497 e. The number of aromatic nitrogens is 2. The zero-order valence-electron chi connectivity index (χ0n) is 15.7. The molecule has 144 valence electrons. The topological polar surface area (TPSA) is 68.7 Å². The van der Waals surface area contributed by atoms with E-state index in [4.69, 9.17) is 14.2 Å². The maximum atomic E-state index is 5.88. The Morgan fingerprint density at radius 1 is 0.929 bits per heavy atom. The van der Waals surface area contributed by atoms with Crippen LogP contribution in [0.3, 0.4) is 0 Å². The number of nitrogens with one attached hydrogen (secondary N) is 1. The molecular formula is C21H22N4O3. The Morgan fingerprint density at radius 2 is 1.68 bits per heavy atom. The van der Waals surface area contributed by atoms with Gasteiger partial charge in [-0.15, -0.1) is 0 Å². The molecule has 1 aromatic heterocycles. The molecule has 7 heteroatoms. The van der Waals surface area contributed by atoms with Gasteiger partial charge in [-0.1, -0.05) is 18.2 Å². The van der Waals surface area contributed by atoms with Gasteiger partial charge in [0.05, 0.1) is 20.3 Å². The lowest BCUT2D eigenvalue weighted by atomic mass is 10.3. The van der Waals surface area contributed by atoms with Gasteiger partial charge in [0, 0.05) is 24.8 Å². The normalized spacial score (nSPS) is 13.8. The third kappa shape index (κ3) is 4.50. The molecule has 0 aliphatic carbocycles. The number of morpholine rings is 1. The van der Waals surface area contributed by atoms with Crippen molar-refractivity contribution in [3.63, 3.8) is 0 Å². The summed E-state index contributed by atoms with van der Waals surface area (Å²) in [5.74, 6) is 2.96. The Bertz CT molecular complexity index is 897. The predicted octanol–water partition coefficient (Wildman–Crippen LogP) is 3.86. The van der Waals surface area contributed by atoms with Crippen LogP contribution in [0.5, 0.6) is 17.5 Å². The second-order valence-corrected chi connectivity index (χ2v) is 6.26. The highest BCUT2D eigenvalue weighted by molar-refractivity contribution is 5.61. The standard InChI is InChI=1S/C21H22N4O3/c1-26-17-9-7-16(8-10-17)22-19-15-20(25-11-13-27-14-12-25)24-21(23-19)28-18-5-3-2-4-6-18/h2-10,15H,11-14H2,1H3,(H,22,23,24). The van der Waals surface area contributed by atoms with Crippen molar-refractivity contribution in [1.82, 2.24) is 9.97 Å². The van der Waals surface area contributed by atoms with Gasteiger partial charge in [0.1, 0.15) is 23.1 Å². The van der Waals surface area contributed by atoms with E-state index in [1.165, 1.54) is 0 Å². The van der Waals surface area contributed by atoms with E-state index in [-0.39, 0.29) is 0 Å². The fourth-order valence-electron chi connectivity index (χ4n) is 2.89. The number of hydrogen-bond acceptors (Lipinski definition) is 7. The quantitative estimate of drug-likeness (QED) is 0.698. The van der Waals surface area contributed by atoms with E-state index in [9.17, 15) is 0 Å². The van der Waals surface area contributed by atoms with E-state index >= 15 is 0 Å². The summed E-state index contributed by atoms with van der Waals surface area (Å²) in [5.41, 5.74) is 0.901. The fraction of sp³-hybridized carbons (Fsp3) is 0.238. The molecule has 28 heavy (non-hydrogen) atoms. The van der Waals surface area contributed by atoms with Gasteiger partial charge in [0.15, 0.2) is 0 Å². The molecule has 1 fully saturated rings. The molecule has 2 heterocycles. The number of hydrogen-bond donors (Lipinski definition) is 1. The van der Waals surface area contributed by atoms with E-state index < -0.39 is 0 Å². The molecule has 0 atom stereocenters. The van der Waals surface area contributed by atoms with Crippen molar-refractivity contribution in [2.24, 2.45) is 0 Å². The number of rotatable bonds is 6. The third-order valence-corrected chi connectivity index (χ3v) is 4.34. The van der Waals surface area contributed by atoms with E-state index in [0.29, 0.717) is 30.8 Å². The molecule has 0 radical (unpaired) electrons. The summed E-state index contributed by atoms with van der Waals surface area (Å²) in [6.45, 7) is 2.92. The number of methoxy groups -OCH3 is 1. The summed E-state index contributed by atoms with van der Waals surface area (Å²) in [4.78, 5) is 11.3. The van der Waals surface area contributed by atoms with Crippen molar-refractivity contribution < 1.29 is 14.2 Å². The number of para-hydroxylation sites is 1. The van der Waals surface area contributed by atoms with Crippen molar-refractivity contribution in [2.45, 2.75) is 0 Å². The first-order valence-corrected chi connectivity index (χ1v) is 9.16. The molecule has 2 aromatic carbocycles. The molecule has 0 bridgehead atoms. The fourth-order valence-corrected chi connectivity index (χ4v) is 2.89. The van der Waals surface area contributed by atoms with Gasteiger partial charge in [-0.25, -0.2) is 0 Å². The minimum Gasteiger partial charge on any atom is -0.497 e. The van der Waals surface area contributed by atoms with E-state index in [0.717, 1.165) is 30.3 Å². The van der Waals surface area contributed by atoms with Crippen molar-refractivity contribution in [3.8, 4) is 17.5 Å². The first-order chi connectivity index (χ1) is 13.8. The molecule has 1 N–H and O–H groups in total. The van der Waals surface area contributed by atoms with Gasteiger partial charge >= 0.3 is 6.01 Å². The molecule has 7 nitrogen and oxygen atoms in total. The SMILES string of the molecule is COc1ccc(Nc2cc(N3CCOCC3)nc(Oc3ccccc3)n2)cc1. The molecule has 0 amide bonds. The van der Waals surface area contributed by atoms with Gasteiger partial charge in [0.2, 0.25) is 0 Å². The van der Waals surface area contributed by atoms with Gasteiger partial charge in [-0.05, 0) is 36.4 Å². The zero-order valence-corrected chi connectivity index (χ0v) is 15.7. The van der Waals surface area contributed by atoms with Gasteiger partial charge in [-0.2, -0.15) is 9.97 Å². The summed E-state index contributed by atoms with van der Waals surface area (Å²) < 4.78 is 16.5. The minimum absolute atomic E-state index is 0.297. The van der Waals surface area contributed by atoms with Crippen LogP contribution in [-0.2, 0) is 4.74 Å². The highest BCUT2D eigenvalue weighted by Crippen LogP contribution is 2.26. The average molecular weight is 378 g/mol. The molecule has 0 unspecified atom stereocenters. The maximum Gasteiger partial charge on any atom is 0.325 e. The summed E-state index contributed by atoms with van der Waals surface area (Å²) in [5, 5.41) is 3.32. The average Bonchev–Trinajstić information content (AvgIpc) is 2.75. The number of nitrogens with zero attached hydrogens (tertiary/aromatic N) is 3. The number of benzene rings is 2. The Labute approximate surface area is 163 Å². The molecular weight excluding hydrogens is 356 g/mol. The van der Waals surface area contributed by atoms with Crippen LogP contribution in [0.4, 0.5) is 17.3 Å². The molecule has 0 spiro atoms. The van der Waals surface area contributed by atoms with Crippen molar-refractivity contribution in [1.29, 1.82) is 0 Å². The maximum absolute atomic E-state index is 5.88. The highest BCUT2D eigenvalue weighted by Gasteiger charge is 2.16. The molecule has 1 aliphatic rings. The predicted molar refractivity (Wildman–Crippen MR) is 108 cm³/mol. The minimum atomic E-state index is 0.297. The van der Waals surface area contributed by atoms with Crippen molar-refractivity contribution in [3.05, 3.63) is 60.7 Å². The Hall–Kier alpha value is -3.32. The van der Waals surface area contributed by atoms with Crippen LogP contribution < -0.4 is 19.7 Å². The monoisotopic (exact) mass is 378 g/mol. The third-order valence-electron chi connectivity index (χ3n) is 4.34. The summed E-state index contributed by atoms with van der Waals surface area (Å²) in [6, 6.07) is 19.4. The van der Waals surface area contributed by atoms with Crippen LogP contribution in [-0.4, -0.2) is 43.4 Å². The number of anilines is 3. The van der Waals surface area contributed by atoms with Gasteiger partial charge in [-0.3, -0.25) is 0 Å². The number of ether oxygens (including phenoxy) is 3. The zero-order chi connectivity index (χ0) is 19.2. The second kappa shape index (κ2) is 8.58. The van der Waals surface area contributed by atoms with Crippen molar-refractivity contribution in [2.75, 3.05) is 43.6 Å². The lowest BCUT2D eigenvalue weighted by Crippen LogP contribution is -2.36. The van der Waals surface area contributed by atoms with Crippen LogP contribution in [0.2, 0.25) is 0 Å². The van der Waals surface area contributed by atoms with E-state index in [1.807, 2.05) is 60.7 Å². The Balaban J connectivity index is 1.62. The van der Waals surface area contributed by atoms with Crippen molar-refractivity contribution >= 4 is 17.3 Å². The smallest absolute Gasteiger partial charge is 0.325 e. The summed E-state index contributed by atoms with van der Waals surface area (Å²) in [7, 11) is 1.65. The molecule has 0 saturated carbocycles. The second-order valence-electron chi connectivity index (χ2n) is 6.26. The van der Waals surface area contributed by atoms with Gasteiger partial charge < -0.3 is 24.4 Å². The Morgan fingerprint density at radius 3 is 2.39 bits per heavy atom. The lowest BCUT2D eigenvalue weighted by molar-refractivity contribution is 0.122. The van der Waals surface area contributed by atoms with Crippen LogP contribution >= 0.6 is 0 Å². The van der Waals surface area contributed by atoms with Gasteiger partial charge in [0.25, 0.3) is 0 Å². The van der Waals surface area contributed by atoms with E-state index in [1.54, 1.807) is 7.11 Å². The Kier molecular flexibility index (Phi) is 5.53. The summed E-state index contributed by atoms with van der Waals surface area (Å²) in [6.07, 6.45) is 0. The molecule has 4 rings (SSSR count). The molecule has 1 saturated heterocycles. The van der Waals surface area contributed by atoms with Crippen LogP contribution in [0.1, 0.15) is 0 Å². The highest BCUT2D eigenvalue weighted by atomic mass is 16.5. The summed E-state index contributed by atoms with van der Waals surface area (Å²) >= 11 is 0. The molecule has 1 aliphatic heterocycles. The first kappa shape index (κ1) is 18.1. The van der Waals surface area contributed by atoms with Crippen LogP contribution in [0.15, 0.2) is 60.7 Å². The first-order valence-electron chi connectivity index (χ1n) is 9.16. The van der Waals surface area contributed by atoms with Crippen LogP contribution in [0.25, 0.3) is 0 Å².